The molecule has 0 spiro atoms. The van der Waals surface area contributed by atoms with Gasteiger partial charge in [0, 0.05) is 11.1 Å². The van der Waals surface area contributed by atoms with Gasteiger partial charge in [-0.05, 0) is 47.9 Å². The van der Waals surface area contributed by atoms with Gasteiger partial charge in [-0.25, -0.2) is 4.39 Å². The van der Waals surface area contributed by atoms with Gasteiger partial charge in [-0.3, -0.25) is 4.79 Å². The SMILES string of the molecule is CC.Cc1cc2c(cc1F)-c1ccc(C(N)=O)cc1CO2. The van der Waals surface area contributed by atoms with E-state index in [-0.39, 0.29) is 5.82 Å². The van der Waals surface area contributed by atoms with E-state index in [0.29, 0.717) is 29.0 Å². The Labute approximate surface area is 123 Å². The predicted molar refractivity (Wildman–Crippen MR) is 80.8 cm³/mol. The van der Waals surface area contributed by atoms with Gasteiger partial charge in [0.05, 0.1) is 0 Å². The molecule has 0 saturated heterocycles. The lowest BCUT2D eigenvalue weighted by Gasteiger charge is -2.21. The first-order valence-electron chi connectivity index (χ1n) is 6.92. The molecule has 1 amide bonds. The second-order valence-electron chi connectivity index (χ2n) is 4.62. The summed E-state index contributed by atoms with van der Waals surface area (Å²) in [6, 6.07) is 8.28. The first-order valence-corrected chi connectivity index (χ1v) is 6.92. The van der Waals surface area contributed by atoms with Crippen LogP contribution in [0.2, 0.25) is 0 Å². The van der Waals surface area contributed by atoms with Crippen LogP contribution < -0.4 is 10.5 Å². The number of ether oxygens (including phenoxy) is 1. The van der Waals surface area contributed by atoms with Crippen molar-refractivity contribution >= 4 is 5.91 Å². The maximum absolute atomic E-state index is 13.7. The Morgan fingerprint density at radius 1 is 1.19 bits per heavy atom. The smallest absolute Gasteiger partial charge is 0.248 e. The molecule has 0 bridgehead atoms. The zero-order chi connectivity index (χ0) is 15.6. The van der Waals surface area contributed by atoms with E-state index >= 15 is 0 Å². The van der Waals surface area contributed by atoms with Gasteiger partial charge in [-0.1, -0.05) is 19.9 Å². The molecular formula is C17H18FNO2. The predicted octanol–water partition coefficient (Wildman–Crippen LogP) is 3.82. The molecule has 1 aliphatic heterocycles. The fourth-order valence-electron chi connectivity index (χ4n) is 2.27. The average molecular weight is 287 g/mol. The third kappa shape index (κ3) is 2.75. The quantitative estimate of drug-likeness (QED) is 0.867. The van der Waals surface area contributed by atoms with Crippen LogP contribution in [0.15, 0.2) is 30.3 Å². The molecule has 1 aliphatic rings. The highest BCUT2D eigenvalue weighted by Gasteiger charge is 2.20. The average Bonchev–Trinajstić information content (AvgIpc) is 2.50. The Morgan fingerprint density at radius 2 is 1.90 bits per heavy atom. The number of amides is 1. The molecular weight excluding hydrogens is 269 g/mol. The molecule has 3 rings (SSSR count). The van der Waals surface area contributed by atoms with Gasteiger partial charge in [0.1, 0.15) is 18.2 Å². The zero-order valence-corrected chi connectivity index (χ0v) is 12.4. The summed E-state index contributed by atoms with van der Waals surface area (Å²) in [4.78, 5) is 11.2. The lowest BCUT2D eigenvalue weighted by molar-refractivity contribution is 0.1000. The van der Waals surface area contributed by atoms with Crippen molar-refractivity contribution in [1.82, 2.24) is 0 Å². The molecule has 0 aromatic heterocycles. The highest BCUT2D eigenvalue weighted by atomic mass is 19.1. The lowest BCUT2D eigenvalue weighted by atomic mass is 9.94. The van der Waals surface area contributed by atoms with E-state index in [1.807, 2.05) is 13.8 Å². The Balaban J connectivity index is 0.000000774. The van der Waals surface area contributed by atoms with Crippen molar-refractivity contribution in [2.75, 3.05) is 0 Å². The first-order chi connectivity index (χ1) is 10.1. The maximum atomic E-state index is 13.7. The molecule has 0 unspecified atom stereocenters. The van der Waals surface area contributed by atoms with E-state index in [0.717, 1.165) is 11.1 Å². The molecule has 0 radical (unpaired) electrons. The zero-order valence-electron chi connectivity index (χ0n) is 12.4. The van der Waals surface area contributed by atoms with Crippen molar-refractivity contribution in [2.45, 2.75) is 27.4 Å². The van der Waals surface area contributed by atoms with Crippen molar-refractivity contribution in [2.24, 2.45) is 5.73 Å². The third-order valence-electron chi connectivity index (χ3n) is 3.32. The Kier molecular flexibility index (Phi) is 4.26. The van der Waals surface area contributed by atoms with Crippen LogP contribution in [-0.4, -0.2) is 5.91 Å². The second kappa shape index (κ2) is 5.95. The van der Waals surface area contributed by atoms with E-state index in [1.165, 1.54) is 6.07 Å². The fraction of sp³-hybridized carbons (Fsp3) is 0.235. The molecule has 2 aromatic rings. The van der Waals surface area contributed by atoms with Gasteiger partial charge in [0.15, 0.2) is 0 Å². The maximum Gasteiger partial charge on any atom is 0.248 e. The van der Waals surface area contributed by atoms with E-state index < -0.39 is 5.91 Å². The fourth-order valence-corrected chi connectivity index (χ4v) is 2.27. The number of fused-ring (bicyclic) bond motifs is 3. The van der Waals surface area contributed by atoms with Gasteiger partial charge in [0.2, 0.25) is 5.91 Å². The topological polar surface area (TPSA) is 52.3 Å². The monoisotopic (exact) mass is 287 g/mol. The minimum atomic E-state index is -0.483. The number of halogens is 1. The van der Waals surface area contributed by atoms with Crippen LogP contribution in [0.4, 0.5) is 4.39 Å². The van der Waals surface area contributed by atoms with E-state index in [2.05, 4.69) is 0 Å². The number of carbonyl (C=O) groups excluding carboxylic acids is 1. The van der Waals surface area contributed by atoms with Crippen molar-refractivity contribution in [1.29, 1.82) is 0 Å². The van der Waals surface area contributed by atoms with Crippen LogP contribution in [0, 0.1) is 12.7 Å². The normalized spacial score (nSPS) is 11.4. The van der Waals surface area contributed by atoms with Crippen LogP contribution in [-0.2, 0) is 6.61 Å². The number of hydrogen-bond donors (Lipinski definition) is 1. The summed E-state index contributed by atoms with van der Waals surface area (Å²) in [7, 11) is 0. The number of aryl methyl sites for hydroxylation is 1. The number of nitrogens with two attached hydrogens (primary N) is 1. The molecule has 2 N–H and O–H groups in total. The Bertz CT molecular complexity index is 695. The van der Waals surface area contributed by atoms with Crippen molar-refractivity contribution in [3.63, 3.8) is 0 Å². The number of primary amides is 1. The molecule has 110 valence electrons. The molecule has 0 fully saturated rings. The van der Waals surface area contributed by atoms with Gasteiger partial charge >= 0.3 is 0 Å². The van der Waals surface area contributed by atoms with Crippen molar-refractivity contribution < 1.29 is 13.9 Å². The number of carbonyl (C=O) groups is 1. The van der Waals surface area contributed by atoms with Crippen molar-refractivity contribution in [3.05, 3.63) is 52.8 Å². The summed E-state index contributed by atoms with van der Waals surface area (Å²) >= 11 is 0. The minimum absolute atomic E-state index is 0.269. The number of benzene rings is 2. The first kappa shape index (κ1) is 15.0. The van der Waals surface area contributed by atoms with Crippen LogP contribution in [0.1, 0.15) is 35.3 Å². The second-order valence-corrected chi connectivity index (χ2v) is 4.62. The van der Waals surface area contributed by atoms with Gasteiger partial charge in [-0.2, -0.15) is 0 Å². The lowest BCUT2D eigenvalue weighted by Crippen LogP contribution is -2.13. The highest BCUT2D eigenvalue weighted by Crippen LogP contribution is 2.39. The van der Waals surface area contributed by atoms with Crippen LogP contribution in [0.25, 0.3) is 11.1 Å². The van der Waals surface area contributed by atoms with Gasteiger partial charge < -0.3 is 10.5 Å². The van der Waals surface area contributed by atoms with E-state index in [4.69, 9.17) is 10.5 Å². The molecule has 0 atom stereocenters. The van der Waals surface area contributed by atoms with Crippen LogP contribution in [0.3, 0.4) is 0 Å². The van der Waals surface area contributed by atoms with Gasteiger partial charge in [-0.15, -0.1) is 0 Å². The number of hydrogen-bond acceptors (Lipinski definition) is 2. The molecule has 2 aromatic carbocycles. The molecule has 1 heterocycles. The minimum Gasteiger partial charge on any atom is -0.488 e. The van der Waals surface area contributed by atoms with E-state index in [9.17, 15) is 9.18 Å². The largest absolute Gasteiger partial charge is 0.488 e. The standard InChI is InChI=1S/C15H12FNO2.C2H6/c1-8-4-14-12(6-13(8)16)11-3-2-9(15(17)18)5-10(11)7-19-14;1-2/h2-6H,7H2,1H3,(H2,17,18);1-2H3. The van der Waals surface area contributed by atoms with Crippen LogP contribution in [0.5, 0.6) is 5.75 Å². The van der Waals surface area contributed by atoms with Crippen molar-refractivity contribution in [3.8, 4) is 16.9 Å². The Morgan fingerprint density at radius 3 is 2.57 bits per heavy atom. The summed E-state index contributed by atoms with van der Waals surface area (Å²) in [6.45, 7) is 6.05. The summed E-state index contributed by atoms with van der Waals surface area (Å²) in [6.07, 6.45) is 0. The Hall–Kier alpha value is -2.36. The summed E-state index contributed by atoms with van der Waals surface area (Å²) in [5.74, 6) is -0.0870. The third-order valence-corrected chi connectivity index (χ3v) is 3.32. The number of rotatable bonds is 1. The van der Waals surface area contributed by atoms with E-state index in [1.54, 1.807) is 31.2 Å². The molecule has 4 heteroatoms. The summed E-state index contributed by atoms with van der Waals surface area (Å²) < 4.78 is 19.3. The highest BCUT2D eigenvalue weighted by molar-refractivity contribution is 5.94. The van der Waals surface area contributed by atoms with Gasteiger partial charge in [0.25, 0.3) is 0 Å². The summed E-state index contributed by atoms with van der Waals surface area (Å²) in [5, 5.41) is 0. The molecule has 0 saturated carbocycles. The summed E-state index contributed by atoms with van der Waals surface area (Å²) in [5.41, 5.74) is 8.65. The van der Waals surface area contributed by atoms with Crippen LogP contribution >= 0.6 is 0 Å². The molecule has 0 aliphatic carbocycles. The molecule has 21 heavy (non-hydrogen) atoms. The molecule has 3 nitrogen and oxygen atoms in total.